The number of para-hydroxylation sites is 1. The van der Waals surface area contributed by atoms with Crippen molar-refractivity contribution < 1.29 is 9.53 Å². The second-order valence-corrected chi connectivity index (χ2v) is 5.98. The van der Waals surface area contributed by atoms with Gasteiger partial charge in [-0.25, -0.2) is 0 Å². The molecule has 2 N–H and O–H groups in total. The van der Waals surface area contributed by atoms with Crippen LogP contribution in [0.3, 0.4) is 0 Å². The first kappa shape index (κ1) is 16.0. The molecule has 21 heavy (non-hydrogen) atoms. The van der Waals surface area contributed by atoms with E-state index in [2.05, 4.69) is 24.8 Å². The summed E-state index contributed by atoms with van der Waals surface area (Å²) >= 11 is 4.35. The number of nitrogens with two attached hydrogens (primary N) is 1. The zero-order chi connectivity index (χ0) is 15.1. The third-order valence-corrected chi connectivity index (χ3v) is 4.10. The Bertz CT molecular complexity index is 501. The molecule has 114 valence electrons. The number of primary amides is 1. The molecule has 0 bridgehead atoms. The van der Waals surface area contributed by atoms with E-state index in [0.29, 0.717) is 5.92 Å². The van der Waals surface area contributed by atoms with Crippen LogP contribution in [0, 0.1) is 11.8 Å². The smallest absolute Gasteiger partial charge is 0.221 e. The van der Waals surface area contributed by atoms with Gasteiger partial charge in [0.25, 0.3) is 0 Å². The molecule has 3 nitrogen and oxygen atoms in total. The number of hydrogen-bond acceptors (Lipinski definition) is 3. The van der Waals surface area contributed by atoms with Crippen LogP contribution in [-0.4, -0.2) is 12.5 Å². The predicted octanol–water partition coefficient (Wildman–Crippen LogP) is 3.59. The molecule has 0 saturated heterocycles. The number of rotatable bonds is 9. The van der Waals surface area contributed by atoms with Gasteiger partial charge in [-0.05, 0) is 50.2 Å². The van der Waals surface area contributed by atoms with E-state index in [9.17, 15) is 4.79 Å². The topological polar surface area (TPSA) is 52.3 Å². The zero-order valence-corrected chi connectivity index (χ0v) is 13.1. The molecule has 1 amide bonds. The van der Waals surface area contributed by atoms with E-state index in [4.69, 9.17) is 10.5 Å². The number of thiol groups is 1. The van der Waals surface area contributed by atoms with Crippen LogP contribution in [0.2, 0.25) is 0 Å². The Balaban J connectivity index is 1.48. The Kier molecular flexibility index (Phi) is 6.18. The monoisotopic (exact) mass is 305 g/mol. The number of benzene rings is 1. The third-order valence-electron chi connectivity index (χ3n) is 3.73. The van der Waals surface area contributed by atoms with Gasteiger partial charge in [-0.2, -0.15) is 0 Å². The van der Waals surface area contributed by atoms with Crippen molar-refractivity contribution in [3.63, 3.8) is 0 Å². The number of allylic oxidation sites excluding steroid dienone is 2. The first-order valence-electron chi connectivity index (χ1n) is 7.55. The highest BCUT2D eigenvalue weighted by Crippen LogP contribution is 2.39. The minimum atomic E-state index is -0.161. The normalized spacial score (nSPS) is 20.6. The Hall–Kier alpha value is -1.42. The number of ether oxygens (including phenoxy) is 1. The van der Waals surface area contributed by atoms with Crippen molar-refractivity contribution in [1.82, 2.24) is 0 Å². The molecule has 1 aromatic carbocycles. The SMILES string of the molecule is NC(=O)C1C[C@H]1/C=C\CCCCCOc1ccccc1S. The fraction of sp³-hybridized carbons (Fsp3) is 0.471. The molecule has 2 rings (SSSR count). The standard InChI is InChI=1S/C17H23NO2S/c18-17(19)14-12-13(14)8-4-2-1-3-7-11-20-15-9-5-6-10-16(15)21/h4-6,8-10,13-14,21H,1-3,7,11-12H2,(H2,18,19)/b8-4-/t13-,14?/m1/s1. The van der Waals surface area contributed by atoms with E-state index in [-0.39, 0.29) is 11.8 Å². The van der Waals surface area contributed by atoms with Gasteiger partial charge in [-0.1, -0.05) is 24.3 Å². The maximum absolute atomic E-state index is 10.9. The Labute approximate surface area is 132 Å². The molecule has 1 saturated carbocycles. The molecule has 2 atom stereocenters. The largest absolute Gasteiger partial charge is 0.492 e. The maximum Gasteiger partial charge on any atom is 0.221 e. The highest BCUT2D eigenvalue weighted by molar-refractivity contribution is 7.80. The molecule has 1 aliphatic carbocycles. The third kappa shape index (κ3) is 5.46. The summed E-state index contributed by atoms with van der Waals surface area (Å²) in [6, 6.07) is 7.78. The van der Waals surface area contributed by atoms with E-state index in [1.807, 2.05) is 24.3 Å². The van der Waals surface area contributed by atoms with Crippen LogP contribution in [0.25, 0.3) is 0 Å². The van der Waals surface area contributed by atoms with Crippen LogP contribution in [0.4, 0.5) is 0 Å². The van der Waals surface area contributed by atoms with Gasteiger partial charge in [0.1, 0.15) is 5.75 Å². The van der Waals surface area contributed by atoms with Crippen molar-refractivity contribution in [2.45, 2.75) is 37.0 Å². The number of unbranched alkanes of at least 4 members (excludes halogenated alkanes) is 3. The lowest BCUT2D eigenvalue weighted by molar-refractivity contribution is -0.119. The van der Waals surface area contributed by atoms with E-state index >= 15 is 0 Å². The number of hydrogen-bond donors (Lipinski definition) is 2. The van der Waals surface area contributed by atoms with Gasteiger partial charge >= 0.3 is 0 Å². The highest BCUT2D eigenvalue weighted by atomic mass is 32.1. The van der Waals surface area contributed by atoms with Gasteiger partial charge in [-0.3, -0.25) is 4.79 Å². The minimum Gasteiger partial charge on any atom is -0.492 e. The summed E-state index contributed by atoms with van der Waals surface area (Å²) in [6.45, 7) is 0.730. The highest BCUT2D eigenvalue weighted by Gasteiger charge is 2.39. The maximum atomic E-state index is 10.9. The van der Waals surface area contributed by atoms with Crippen LogP contribution < -0.4 is 10.5 Å². The van der Waals surface area contributed by atoms with Crippen LogP contribution in [-0.2, 0) is 4.79 Å². The summed E-state index contributed by atoms with van der Waals surface area (Å²) in [5.74, 6) is 1.19. The van der Waals surface area contributed by atoms with Crippen molar-refractivity contribution in [2.24, 2.45) is 17.6 Å². The number of carbonyl (C=O) groups excluding carboxylic acids is 1. The van der Waals surface area contributed by atoms with Gasteiger partial charge in [0.05, 0.1) is 6.61 Å². The Morgan fingerprint density at radius 2 is 2.14 bits per heavy atom. The summed E-state index contributed by atoms with van der Waals surface area (Å²) in [7, 11) is 0. The first-order chi connectivity index (χ1) is 10.2. The lowest BCUT2D eigenvalue weighted by atomic mass is 10.1. The van der Waals surface area contributed by atoms with E-state index < -0.39 is 0 Å². The summed E-state index contributed by atoms with van der Waals surface area (Å²) in [4.78, 5) is 11.8. The fourth-order valence-electron chi connectivity index (χ4n) is 2.33. The molecule has 1 aliphatic rings. The van der Waals surface area contributed by atoms with Gasteiger partial charge in [-0.15, -0.1) is 12.6 Å². The molecule has 1 fully saturated rings. The van der Waals surface area contributed by atoms with Gasteiger partial charge in [0, 0.05) is 10.8 Å². The first-order valence-corrected chi connectivity index (χ1v) is 8.00. The lowest BCUT2D eigenvalue weighted by Gasteiger charge is -2.07. The Morgan fingerprint density at radius 1 is 1.33 bits per heavy atom. The molecular formula is C17H23NO2S. The van der Waals surface area contributed by atoms with Crippen molar-refractivity contribution in [1.29, 1.82) is 0 Å². The quantitative estimate of drug-likeness (QED) is 0.416. The van der Waals surface area contributed by atoms with Crippen molar-refractivity contribution >= 4 is 18.5 Å². The molecule has 1 aromatic rings. The second-order valence-electron chi connectivity index (χ2n) is 5.50. The molecule has 0 radical (unpaired) electrons. The number of carbonyl (C=O) groups is 1. The predicted molar refractivity (Wildman–Crippen MR) is 87.6 cm³/mol. The summed E-state index contributed by atoms with van der Waals surface area (Å²) in [5.41, 5.74) is 5.24. The summed E-state index contributed by atoms with van der Waals surface area (Å²) < 4.78 is 5.69. The van der Waals surface area contributed by atoms with Crippen LogP contribution >= 0.6 is 12.6 Å². The summed E-state index contributed by atoms with van der Waals surface area (Å²) in [6.07, 6.45) is 9.65. The fourth-order valence-corrected chi connectivity index (χ4v) is 2.55. The average Bonchev–Trinajstić information content (AvgIpc) is 3.23. The molecular weight excluding hydrogens is 282 g/mol. The van der Waals surface area contributed by atoms with Crippen molar-refractivity contribution in [3.8, 4) is 5.75 Å². The second kappa shape index (κ2) is 8.13. The average molecular weight is 305 g/mol. The lowest BCUT2D eigenvalue weighted by Crippen LogP contribution is -2.13. The van der Waals surface area contributed by atoms with Crippen LogP contribution in [0.5, 0.6) is 5.75 Å². The van der Waals surface area contributed by atoms with Gasteiger partial charge in [0.15, 0.2) is 0 Å². The van der Waals surface area contributed by atoms with Crippen molar-refractivity contribution in [3.05, 3.63) is 36.4 Å². The zero-order valence-electron chi connectivity index (χ0n) is 12.2. The van der Waals surface area contributed by atoms with Gasteiger partial charge in [0.2, 0.25) is 5.91 Å². The van der Waals surface area contributed by atoms with Crippen LogP contribution in [0.1, 0.15) is 32.1 Å². The van der Waals surface area contributed by atoms with E-state index in [1.165, 1.54) is 0 Å². The minimum absolute atomic E-state index is 0.0935. The van der Waals surface area contributed by atoms with Crippen LogP contribution in [0.15, 0.2) is 41.3 Å². The molecule has 1 unspecified atom stereocenters. The Morgan fingerprint density at radius 3 is 2.86 bits per heavy atom. The van der Waals surface area contributed by atoms with Gasteiger partial charge < -0.3 is 10.5 Å². The molecule has 0 heterocycles. The van der Waals surface area contributed by atoms with E-state index in [1.54, 1.807) is 0 Å². The molecule has 0 aliphatic heterocycles. The molecule has 0 aromatic heterocycles. The molecule has 4 heteroatoms. The summed E-state index contributed by atoms with van der Waals surface area (Å²) in [5, 5.41) is 0. The molecule has 0 spiro atoms. The van der Waals surface area contributed by atoms with E-state index in [0.717, 1.165) is 49.4 Å². The van der Waals surface area contributed by atoms with Crippen molar-refractivity contribution in [2.75, 3.05) is 6.61 Å². The number of amides is 1.